The van der Waals surface area contributed by atoms with Gasteiger partial charge in [0, 0.05) is 51.6 Å². The maximum atomic E-state index is 15.0. The van der Waals surface area contributed by atoms with Crippen LogP contribution in [0.15, 0.2) is 39.2 Å². The number of aliphatic carboxylic acids is 1. The molecule has 2 aliphatic heterocycles. The van der Waals surface area contributed by atoms with E-state index < -0.39 is 78.4 Å². The molecule has 77 heavy (non-hydrogen) atoms. The second kappa shape index (κ2) is 33.4. The largest absolute Gasteiger partial charge is 0.480 e. The number of amides is 6. The second-order valence-electron chi connectivity index (χ2n) is 20.5. The third-order valence-electron chi connectivity index (χ3n) is 14.6. The number of likely N-dealkylation sites (tertiary alicyclic amines) is 1. The van der Waals surface area contributed by atoms with Gasteiger partial charge in [-0.25, -0.2) is 4.79 Å². The van der Waals surface area contributed by atoms with Gasteiger partial charge in [0.15, 0.2) is 17.9 Å². The number of benzene rings is 1. The van der Waals surface area contributed by atoms with E-state index in [0.29, 0.717) is 71.0 Å². The fraction of sp³-hybridized carbons (Fsp3) is 0.692. The highest BCUT2D eigenvalue weighted by molar-refractivity contribution is 5.96. The Morgan fingerprint density at radius 2 is 1.19 bits per heavy atom. The van der Waals surface area contributed by atoms with Gasteiger partial charge in [-0.15, -0.1) is 0 Å². The summed E-state index contributed by atoms with van der Waals surface area (Å²) in [4.78, 5) is 110. The normalized spacial score (nSPS) is 19.2. The SMILES string of the molecule is NC(N)=NCCC[C@@H](N)C(=O)N[C@@H](CCCN=C(N)N)C(=O)NCCCCCCCCCCCC(=O)N[C@@H](CO)C(=O)N1Cc2ccccc2C[C@@H]1C(=O)N1C2CCCCC2C[C@H]1C(=O)N[C@@H](CCCN=C(N)N)C(=O)O. The van der Waals surface area contributed by atoms with Crippen molar-refractivity contribution in [3.8, 4) is 0 Å². The molecule has 20 N–H and O–H groups in total. The average Bonchev–Trinajstić information content (AvgIpc) is 3.80. The Kier molecular flexibility index (Phi) is 27.2. The highest BCUT2D eigenvalue weighted by Crippen LogP contribution is 2.41. The van der Waals surface area contributed by atoms with Crippen LogP contribution in [0.2, 0.25) is 0 Å². The molecular formula is C52H88N16O9. The monoisotopic (exact) mass is 1080 g/mol. The Bertz CT molecular complexity index is 2180. The molecule has 1 saturated carbocycles. The van der Waals surface area contributed by atoms with Crippen LogP contribution in [0.25, 0.3) is 0 Å². The predicted molar refractivity (Wildman–Crippen MR) is 293 cm³/mol. The fourth-order valence-corrected chi connectivity index (χ4v) is 10.5. The topological polar surface area (TPSA) is 434 Å². The molecule has 8 atom stereocenters. The molecule has 0 radical (unpaired) electrons. The van der Waals surface area contributed by atoms with Crippen LogP contribution < -0.4 is 61.4 Å². The summed E-state index contributed by atoms with van der Waals surface area (Å²) in [6.45, 7) is 0.636. The molecule has 1 saturated heterocycles. The van der Waals surface area contributed by atoms with Crippen molar-refractivity contribution in [3.05, 3.63) is 35.4 Å². The Hall–Kier alpha value is -6.76. The maximum absolute atomic E-state index is 15.0. The number of nitrogens with zero attached hydrogens (tertiary/aromatic N) is 5. The number of hydrogen-bond acceptors (Lipinski definition) is 12. The maximum Gasteiger partial charge on any atom is 0.326 e. The molecular weight excluding hydrogens is 993 g/mol. The number of carboxylic acids is 1. The first-order valence-corrected chi connectivity index (χ1v) is 27.5. The summed E-state index contributed by atoms with van der Waals surface area (Å²) in [6, 6.07) is 1.01. The Morgan fingerprint density at radius 1 is 0.636 bits per heavy atom. The molecule has 1 aromatic carbocycles. The lowest BCUT2D eigenvalue weighted by Gasteiger charge is -2.42. The lowest BCUT2D eigenvalue weighted by Crippen LogP contribution is -2.62. The quantitative estimate of drug-likeness (QED) is 0.0227. The number of hydrogen-bond donors (Lipinski definition) is 13. The van der Waals surface area contributed by atoms with Gasteiger partial charge in [0.2, 0.25) is 35.4 Å². The number of carbonyl (C=O) groups is 7. The van der Waals surface area contributed by atoms with E-state index in [4.69, 9.17) is 40.1 Å². The first-order chi connectivity index (χ1) is 36.9. The molecule has 1 aromatic rings. The molecule has 25 heteroatoms. The molecule has 2 heterocycles. The molecule has 1 aliphatic carbocycles. The second-order valence-corrected chi connectivity index (χ2v) is 20.5. The van der Waals surface area contributed by atoms with E-state index in [0.717, 1.165) is 81.8 Å². The smallest absolute Gasteiger partial charge is 0.326 e. The van der Waals surface area contributed by atoms with Crippen molar-refractivity contribution in [2.45, 2.75) is 190 Å². The van der Waals surface area contributed by atoms with Gasteiger partial charge in [-0.05, 0) is 87.7 Å². The van der Waals surface area contributed by atoms with Crippen LogP contribution in [0.5, 0.6) is 0 Å². The number of guanidine groups is 3. The van der Waals surface area contributed by atoms with Gasteiger partial charge in [0.25, 0.3) is 0 Å². The van der Waals surface area contributed by atoms with Crippen LogP contribution in [0.1, 0.15) is 146 Å². The van der Waals surface area contributed by atoms with Gasteiger partial charge < -0.3 is 81.4 Å². The third-order valence-corrected chi connectivity index (χ3v) is 14.6. The summed E-state index contributed by atoms with van der Waals surface area (Å²) < 4.78 is 0. The number of aliphatic hydroxyl groups is 1. The van der Waals surface area contributed by atoms with Crippen molar-refractivity contribution >= 4 is 59.3 Å². The summed E-state index contributed by atoms with van der Waals surface area (Å²) in [5.41, 5.74) is 40.1. The summed E-state index contributed by atoms with van der Waals surface area (Å²) in [5, 5.41) is 31.6. The van der Waals surface area contributed by atoms with E-state index >= 15 is 4.79 Å². The van der Waals surface area contributed by atoms with Crippen LogP contribution in [-0.2, 0) is 46.5 Å². The van der Waals surface area contributed by atoms with Gasteiger partial charge in [-0.1, -0.05) is 82.1 Å². The van der Waals surface area contributed by atoms with Crippen molar-refractivity contribution in [1.82, 2.24) is 31.1 Å². The minimum atomic E-state index is -1.31. The number of carboxylic acid groups (broad SMARTS) is 1. The number of carbonyl (C=O) groups excluding carboxylic acids is 6. The predicted octanol–water partition coefficient (Wildman–Crippen LogP) is -0.864. The number of fused-ring (bicyclic) bond motifs is 2. The molecule has 2 fully saturated rings. The Morgan fingerprint density at radius 3 is 1.79 bits per heavy atom. The van der Waals surface area contributed by atoms with Gasteiger partial charge in [-0.3, -0.25) is 43.7 Å². The lowest BCUT2D eigenvalue weighted by molar-refractivity contribution is -0.153. The van der Waals surface area contributed by atoms with Crippen molar-refractivity contribution in [3.63, 3.8) is 0 Å². The van der Waals surface area contributed by atoms with E-state index in [1.165, 1.54) is 4.90 Å². The molecule has 0 bridgehead atoms. The summed E-state index contributed by atoms with van der Waals surface area (Å²) in [6.07, 6.45) is 13.8. The number of unbranched alkanes of at least 4 members (excludes halogenated alkanes) is 8. The molecule has 430 valence electrons. The van der Waals surface area contributed by atoms with Crippen molar-refractivity contribution < 1.29 is 43.8 Å². The zero-order valence-electron chi connectivity index (χ0n) is 44.8. The lowest BCUT2D eigenvalue weighted by atomic mass is 9.84. The van der Waals surface area contributed by atoms with Crippen LogP contribution in [0, 0.1) is 5.92 Å². The van der Waals surface area contributed by atoms with Gasteiger partial charge in [-0.2, -0.15) is 0 Å². The van der Waals surface area contributed by atoms with Gasteiger partial charge in [0.1, 0.15) is 30.2 Å². The number of nitrogens with one attached hydrogen (secondary N) is 4. The highest BCUT2D eigenvalue weighted by Gasteiger charge is 2.51. The zero-order chi connectivity index (χ0) is 56.3. The molecule has 4 rings (SSSR count). The van der Waals surface area contributed by atoms with E-state index in [1.807, 2.05) is 24.3 Å². The molecule has 25 nitrogen and oxygen atoms in total. The van der Waals surface area contributed by atoms with Crippen LogP contribution in [-0.4, -0.2) is 154 Å². The number of rotatable bonds is 34. The molecule has 2 unspecified atom stereocenters. The first-order valence-electron chi connectivity index (χ1n) is 27.5. The van der Waals surface area contributed by atoms with Crippen molar-refractivity contribution in [2.75, 3.05) is 32.8 Å². The average molecular weight is 1080 g/mol. The van der Waals surface area contributed by atoms with E-state index in [-0.39, 0.29) is 68.1 Å². The standard InChI is InChI=1S/C52H88N16O9/c53-36(20-14-26-61-50(54)55)44(71)65-37(21-15-27-62-51(56)57)45(72)60-25-13-7-5-3-1-2-4-6-8-24-43(70)64-39(32-69)47(74)67-31-35-19-10-9-17-33(35)29-42(67)48(75)68-40-23-12-11-18-34(40)30-41(68)46(73)66-38(49(76)77)22-16-28-63-52(58)59/h9-10,17,19,34,36-42,69H,1-8,11-16,18,20-32,53H2,(H,60,72)(H,64,70)(H,65,71)(H,66,73)(H,76,77)(H4,54,55,61)(H4,56,57,62)(H4,58,59,63)/t34?,36-,37+,38+,39+,40?,41+,42-/m1/s1. The number of aliphatic hydroxyl groups excluding tert-OH is 1. The van der Waals surface area contributed by atoms with Gasteiger partial charge >= 0.3 is 5.97 Å². The van der Waals surface area contributed by atoms with E-state index in [1.54, 1.807) is 4.90 Å². The number of aliphatic imine (C=N–C) groups is 3. The Labute approximate surface area is 452 Å². The minimum Gasteiger partial charge on any atom is -0.480 e. The highest BCUT2D eigenvalue weighted by atomic mass is 16.4. The van der Waals surface area contributed by atoms with Crippen molar-refractivity contribution in [2.24, 2.45) is 61.0 Å². The molecule has 6 amide bonds. The first kappa shape index (κ1) is 62.8. The molecule has 0 spiro atoms. The summed E-state index contributed by atoms with van der Waals surface area (Å²) >= 11 is 0. The number of nitrogens with two attached hydrogens (primary N) is 7. The Balaban J connectivity index is 1.22. The minimum absolute atomic E-state index is 0.0220. The van der Waals surface area contributed by atoms with Crippen LogP contribution >= 0.6 is 0 Å². The summed E-state index contributed by atoms with van der Waals surface area (Å²) in [5.74, 6) is -4.18. The van der Waals surface area contributed by atoms with Crippen LogP contribution in [0.4, 0.5) is 0 Å². The van der Waals surface area contributed by atoms with E-state index in [9.17, 15) is 39.0 Å². The van der Waals surface area contributed by atoms with Crippen LogP contribution in [0.3, 0.4) is 0 Å². The molecule has 0 aromatic heterocycles. The van der Waals surface area contributed by atoms with Crippen molar-refractivity contribution in [1.29, 1.82) is 0 Å². The molecule has 3 aliphatic rings. The third kappa shape index (κ3) is 21.3. The zero-order valence-corrected chi connectivity index (χ0v) is 44.8. The van der Waals surface area contributed by atoms with E-state index in [2.05, 4.69) is 36.2 Å². The van der Waals surface area contributed by atoms with Gasteiger partial charge in [0.05, 0.1) is 12.6 Å². The fourth-order valence-electron chi connectivity index (χ4n) is 10.5. The summed E-state index contributed by atoms with van der Waals surface area (Å²) in [7, 11) is 0.